The van der Waals surface area contributed by atoms with E-state index < -0.39 is 22.8 Å². The molecule has 2 rings (SSSR count). The van der Waals surface area contributed by atoms with Crippen LogP contribution in [0.2, 0.25) is 0 Å². The van der Waals surface area contributed by atoms with Gasteiger partial charge < -0.3 is 4.74 Å². The fourth-order valence-corrected chi connectivity index (χ4v) is 2.64. The van der Waals surface area contributed by atoms with Crippen LogP contribution in [0.15, 0.2) is 60.0 Å². The molecule has 2 aromatic rings. The molecule has 0 atom stereocenters. The summed E-state index contributed by atoms with van der Waals surface area (Å²) in [5, 5.41) is 0.933. The number of ether oxygens (including phenoxy) is 1. The molecule has 2 aromatic carbocycles. The van der Waals surface area contributed by atoms with Gasteiger partial charge in [0.25, 0.3) is 10.0 Å². The van der Waals surface area contributed by atoms with Gasteiger partial charge in [0.05, 0.1) is 11.1 Å². The van der Waals surface area contributed by atoms with Crippen LogP contribution in [0.1, 0.15) is 5.56 Å². The summed E-state index contributed by atoms with van der Waals surface area (Å²) in [6.45, 7) is -1.51. The average Bonchev–Trinajstić information content (AvgIpc) is 2.52. The Bertz CT molecular complexity index is 803. The molecule has 24 heavy (non-hydrogen) atoms. The van der Waals surface area contributed by atoms with Crippen molar-refractivity contribution in [3.05, 3.63) is 65.6 Å². The molecule has 0 saturated carbocycles. The number of sulfonamides is 1. The van der Waals surface area contributed by atoms with Crippen LogP contribution in [-0.4, -0.2) is 21.2 Å². The van der Waals surface area contributed by atoms with Crippen molar-refractivity contribution < 1.29 is 26.3 Å². The summed E-state index contributed by atoms with van der Waals surface area (Å²) in [5.74, 6) is -0.202. The lowest BCUT2D eigenvalue weighted by atomic mass is 10.2. The molecule has 4 nitrogen and oxygen atoms in total. The summed E-state index contributed by atoms with van der Waals surface area (Å²) in [7, 11) is -3.90. The molecule has 0 aliphatic carbocycles. The van der Waals surface area contributed by atoms with E-state index in [0.29, 0.717) is 5.56 Å². The Morgan fingerprint density at radius 2 is 1.62 bits per heavy atom. The average molecular weight is 357 g/mol. The Hall–Kier alpha value is -2.48. The summed E-state index contributed by atoms with van der Waals surface area (Å²) in [5.41, 5.74) is 0.601. The van der Waals surface area contributed by atoms with E-state index in [1.54, 1.807) is 30.3 Å². The second-order valence-electron chi connectivity index (χ2n) is 4.76. The third-order valence-corrected chi connectivity index (χ3v) is 3.77. The lowest BCUT2D eigenvalue weighted by Crippen LogP contribution is -2.20. The molecule has 128 valence electrons. The summed E-state index contributed by atoms with van der Waals surface area (Å²) < 4.78 is 67.7. The first-order valence-corrected chi connectivity index (χ1v) is 8.34. The highest BCUT2D eigenvalue weighted by molar-refractivity contribution is 7.95. The van der Waals surface area contributed by atoms with Crippen molar-refractivity contribution in [2.24, 2.45) is 0 Å². The van der Waals surface area contributed by atoms with E-state index in [9.17, 15) is 21.6 Å². The van der Waals surface area contributed by atoms with Crippen LogP contribution in [0.3, 0.4) is 0 Å². The molecule has 0 aliphatic heterocycles. The van der Waals surface area contributed by atoms with Gasteiger partial charge in [0.15, 0.2) is 6.61 Å². The standard InChI is InChI=1S/C16H14F3NO3S/c17-16(18,19)12-23-15-9-5-4-8-14(15)20-24(21,22)11-10-13-6-2-1-3-7-13/h1-11,20H,12H2. The Kier molecular flexibility index (Phi) is 5.50. The van der Waals surface area contributed by atoms with Gasteiger partial charge in [-0.25, -0.2) is 8.42 Å². The third kappa shape index (κ3) is 5.96. The quantitative estimate of drug-likeness (QED) is 0.849. The van der Waals surface area contributed by atoms with Crippen LogP contribution in [0.25, 0.3) is 6.08 Å². The molecule has 0 bridgehead atoms. The molecular weight excluding hydrogens is 343 g/mol. The van der Waals surface area contributed by atoms with E-state index in [1.165, 1.54) is 30.3 Å². The Labute approximate surface area is 137 Å². The molecule has 1 N–H and O–H groups in total. The van der Waals surface area contributed by atoms with E-state index in [1.807, 2.05) is 0 Å². The molecule has 0 saturated heterocycles. The van der Waals surface area contributed by atoms with Crippen molar-refractivity contribution in [2.45, 2.75) is 6.18 Å². The molecule has 0 spiro atoms. The van der Waals surface area contributed by atoms with E-state index in [4.69, 9.17) is 0 Å². The predicted molar refractivity (Wildman–Crippen MR) is 86.0 cm³/mol. The van der Waals surface area contributed by atoms with Crippen LogP contribution >= 0.6 is 0 Å². The molecule has 8 heteroatoms. The van der Waals surface area contributed by atoms with Gasteiger partial charge in [0.1, 0.15) is 5.75 Å². The monoisotopic (exact) mass is 357 g/mol. The van der Waals surface area contributed by atoms with E-state index in [2.05, 4.69) is 9.46 Å². The smallest absolute Gasteiger partial charge is 0.422 e. The van der Waals surface area contributed by atoms with Gasteiger partial charge in [0, 0.05) is 0 Å². The van der Waals surface area contributed by atoms with Crippen molar-refractivity contribution in [1.29, 1.82) is 0 Å². The van der Waals surface area contributed by atoms with Gasteiger partial charge in [-0.05, 0) is 23.8 Å². The molecule has 0 unspecified atom stereocenters. The molecule has 0 radical (unpaired) electrons. The normalized spacial score (nSPS) is 12.3. The van der Waals surface area contributed by atoms with Gasteiger partial charge in [-0.1, -0.05) is 42.5 Å². The maximum Gasteiger partial charge on any atom is 0.422 e. The maximum atomic E-state index is 12.2. The maximum absolute atomic E-state index is 12.2. The van der Waals surface area contributed by atoms with Gasteiger partial charge in [0.2, 0.25) is 0 Å². The zero-order valence-corrected chi connectivity index (χ0v) is 13.1. The molecule has 0 aliphatic rings. The number of anilines is 1. The van der Waals surface area contributed by atoms with Gasteiger partial charge in [-0.15, -0.1) is 0 Å². The van der Waals surface area contributed by atoms with Gasteiger partial charge in [-0.3, -0.25) is 4.72 Å². The molecular formula is C16H14F3NO3S. The van der Waals surface area contributed by atoms with Crippen molar-refractivity contribution >= 4 is 21.8 Å². The number of nitrogens with one attached hydrogen (secondary N) is 1. The van der Waals surface area contributed by atoms with Crippen molar-refractivity contribution in [2.75, 3.05) is 11.3 Å². The number of rotatable bonds is 6. The highest BCUT2D eigenvalue weighted by atomic mass is 32.2. The minimum absolute atomic E-state index is 0.0699. The highest BCUT2D eigenvalue weighted by Crippen LogP contribution is 2.27. The third-order valence-electron chi connectivity index (χ3n) is 2.77. The first kappa shape index (κ1) is 17.9. The fraction of sp³-hybridized carbons (Fsp3) is 0.125. The number of alkyl halides is 3. The number of hydrogen-bond donors (Lipinski definition) is 1. The summed E-state index contributed by atoms with van der Waals surface area (Å²) in [6, 6.07) is 14.2. The van der Waals surface area contributed by atoms with E-state index in [0.717, 1.165) is 5.41 Å². The molecule has 0 aromatic heterocycles. The number of para-hydroxylation sites is 2. The largest absolute Gasteiger partial charge is 0.482 e. The second kappa shape index (κ2) is 7.39. The number of halogens is 3. The Morgan fingerprint density at radius 3 is 2.29 bits per heavy atom. The summed E-state index contributed by atoms with van der Waals surface area (Å²) in [6.07, 6.45) is -3.14. The Balaban J connectivity index is 2.13. The molecule has 0 heterocycles. The topological polar surface area (TPSA) is 55.4 Å². The summed E-state index contributed by atoms with van der Waals surface area (Å²) in [4.78, 5) is 0. The van der Waals surface area contributed by atoms with Gasteiger partial charge >= 0.3 is 6.18 Å². The van der Waals surface area contributed by atoms with Gasteiger partial charge in [-0.2, -0.15) is 13.2 Å². The zero-order valence-electron chi connectivity index (χ0n) is 12.3. The highest BCUT2D eigenvalue weighted by Gasteiger charge is 2.29. The van der Waals surface area contributed by atoms with Crippen LogP contribution in [0.5, 0.6) is 5.75 Å². The second-order valence-corrected chi connectivity index (χ2v) is 6.33. The van der Waals surface area contributed by atoms with E-state index >= 15 is 0 Å². The minimum Gasteiger partial charge on any atom is -0.482 e. The Morgan fingerprint density at radius 1 is 1.00 bits per heavy atom. The molecule has 0 fully saturated rings. The number of benzene rings is 2. The van der Waals surface area contributed by atoms with Crippen LogP contribution < -0.4 is 9.46 Å². The SMILES string of the molecule is O=S(=O)(C=Cc1ccccc1)Nc1ccccc1OCC(F)(F)F. The molecule has 0 amide bonds. The van der Waals surface area contributed by atoms with Crippen molar-refractivity contribution in [3.8, 4) is 5.75 Å². The first-order valence-electron chi connectivity index (χ1n) is 6.80. The lowest BCUT2D eigenvalue weighted by Gasteiger charge is -2.13. The number of hydrogen-bond acceptors (Lipinski definition) is 3. The van der Waals surface area contributed by atoms with Crippen LogP contribution in [-0.2, 0) is 10.0 Å². The zero-order chi connectivity index (χ0) is 17.6. The van der Waals surface area contributed by atoms with Crippen LogP contribution in [0.4, 0.5) is 18.9 Å². The predicted octanol–water partition coefficient (Wildman–Crippen LogP) is 4.04. The fourth-order valence-electron chi connectivity index (χ4n) is 1.76. The summed E-state index contributed by atoms with van der Waals surface area (Å²) >= 11 is 0. The van der Waals surface area contributed by atoms with Crippen molar-refractivity contribution in [1.82, 2.24) is 0 Å². The van der Waals surface area contributed by atoms with Crippen molar-refractivity contribution in [3.63, 3.8) is 0 Å². The lowest BCUT2D eigenvalue weighted by molar-refractivity contribution is -0.153. The van der Waals surface area contributed by atoms with E-state index in [-0.39, 0.29) is 11.4 Å². The first-order chi connectivity index (χ1) is 11.3. The van der Waals surface area contributed by atoms with Crippen LogP contribution in [0, 0.1) is 0 Å². The minimum atomic E-state index is -4.51.